The number of rotatable bonds is 6. The third-order valence-corrected chi connectivity index (χ3v) is 3.28. The molecule has 0 aliphatic rings. The zero-order valence-electron chi connectivity index (χ0n) is 12.0. The third-order valence-electron chi connectivity index (χ3n) is 3.28. The third kappa shape index (κ3) is 4.33. The number of methoxy groups -OCH3 is 1. The zero-order chi connectivity index (χ0) is 15.1. The van der Waals surface area contributed by atoms with E-state index in [1.54, 1.807) is 7.11 Å². The van der Waals surface area contributed by atoms with Gasteiger partial charge < -0.3 is 15.2 Å². The molecule has 0 aliphatic carbocycles. The van der Waals surface area contributed by atoms with E-state index in [9.17, 15) is 4.79 Å². The quantitative estimate of drug-likeness (QED) is 0.857. The standard InChI is InChI=1S/C17H19NO3/c1-21-15-10-7-13(8-11-15)6-9-14-4-2-3-5-16(14)18-17(20)12-19/h2-5,7-8,10-11,19H,6,9,12H2,1H3,(H,18,20). The topological polar surface area (TPSA) is 58.6 Å². The Morgan fingerprint density at radius 3 is 2.48 bits per heavy atom. The number of amides is 1. The number of anilines is 1. The average Bonchev–Trinajstić information content (AvgIpc) is 2.54. The Morgan fingerprint density at radius 1 is 1.10 bits per heavy atom. The molecular weight excluding hydrogens is 266 g/mol. The molecule has 21 heavy (non-hydrogen) atoms. The van der Waals surface area contributed by atoms with Crippen molar-refractivity contribution >= 4 is 11.6 Å². The fraction of sp³-hybridized carbons (Fsp3) is 0.235. The summed E-state index contributed by atoms with van der Waals surface area (Å²) in [5.74, 6) is 0.446. The number of aryl methyl sites for hydroxylation is 2. The molecule has 4 nitrogen and oxygen atoms in total. The van der Waals surface area contributed by atoms with Crippen molar-refractivity contribution in [2.75, 3.05) is 19.0 Å². The fourth-order valence-corrected chi connectivity index (χ4v) is 2.12. The predicted octanol–water partition coefficient (Wildman–Crippen LogP) is 2.41. The first-order valence-corrected chi connectivity index (χ1v) is 6.84. The maximum absolute atomic E-state index is 11.3. The second kappa shape index (κ2) is 7.45. The summed E-state index contributed by atoms with van der Waals surface area (Å²) in [7, 11) is 1.65. The van der Waals surface area contributed by atoms with Gasteiger partial charge in [0, 0.05) is 5.69 Å². The molecule has 0 aromatic heterocycles. The van der Waals surface area contributed by atoms with E-state index in [1.165, 1.54) is 5.56 Å². The lowest BCUT2D eigenvalue weighted by molar-refractivity contribution is -0.118. The molecule has 0 heterocycles. The van der Waals surface area contributed by atoms with E-state index in [0.717, 1.165) is 29.8 Å². The van der Waals surface area contributed by atoms with Gasteiger partial charge in [0.1, 0.15) is 12.4 Å². The van der Waals surface area contributed by atoms with Crippen LogP contribution in [-0.2, 0) is 17.6 Å². The number of nitrogens with one attached hydrogen (secondary N) is 1. The van der Waals surface area contributed by atoms with Crippen molar-refractivity contribution < 1.29 is 14.6 Å². The number of hydrogen-bond acceptors (Lipinski definition) is 3. The van der Waals surface area contributed by atoms with E-state index < -0.39 is 12.5 Å². The summed E-state index contributed by atoms with van der Waals surface area (Å²) in [6.45, 7) is -0.507. The number of hydrogen-bond donors (Lipinski definition) is 2. The Hall–Kier alpha value is -2.33. The minimum atomic E-state index is -0.507. The number of carbonyl (C=O) groups is 1. The molecule has 0 saturated carbocycles. The number of aliphatic hydroxyl groups is 1. The van der Waals surface area contributed by atoms with E-state index in [4.69, 9.17) is 9.84 Å². The van der Waals surface area contributed by atoms with Crippen LogP contribution in [-0.4, -0.2) is 24.7 Å². The maximum Gasteiger partial charge on any atom is 0.250 e. The van der Waals surface area contributed by atoms with E-state index in [0.29, 0.717) is 0 Å². The number of ether oxygens (including phenoxy) is 1. The molecule has 0 radical (unpaired) electrons. The number of para-hydroxylation sites is 1. The molecule has 2 rings (SSSR count). The highest BCUT2D eigenvalue weighted by atomic mass is 16.5. The van der Waals surface area contributed by atoms with Crippen molar-refractivity contribution in [3.8, 4) is 5.75 Å². The second-order valence-corrected chi connectivity index (χ2v) is 4.71. The molecule has 2 aromatic carbocycles. The Morgan fingerprint density at radius 2 is 1.81 bits per heavy atom. The van der Waals surface area contributed by atoms with Crippen LogP contribution in [0.5, 0.6) is 5.75 Å². The molecule has 1 amide bonds. The van der Waals surface area contributed by atoms with E-state index in [-0.39, 0.29) is 0 Å². The predicted molar refractivity (Wildman–Crippen MR) is 82.6 cm³/mol. The van der Waals surface area contributed by atoms with Crippen LogP contribution in [0.2, 0.25) is 0 Å². The zero-order valence-corrected chi connectivity index (χ0v) is 12.0. The van der Waals surface area contributed by atoms with Crippen molar-refractivity contribution in [3.05, 3.63) is 59.7 Å². The van der Waals surface area contributed by atoms with Crippen LogP contribution in [0, 0.1) is 0 Å². The Bertz CT molecular complexity index is 593. The van der Waals surface area contributed by atoms with Gasteiger partial charge in [-0.05, 0) is 42.2 Å². The highest BCUT2D eigenvalue weighted by molar-refractivity contribution is 5.92. The van der Waals surface area contributed by atoms with Crippen LogP contribution in [0.1, 0.15) is 11.1 Å². The van der Waals surface area contributed by atoms with Gasteiger partial charge in [0.2, 0.25) is 5.91 Å². The first-order valence-electron chi connectivity index (χ1n) is 6.84. The molecule has 0 fully saturated rings. The highest BCUT2D eigenvalue weighted by Gasteiger charge is 2.05. The molecule has 110 valence electrons. The summed E-state index contributed by atoms with van der Waals surface area (Å²) in [5.41, 5.74) is 3.01. The monoisotopic (exact) mass is 285 g/mol. The van der Waals surface area contributed by atoms with Crippen LogP contribution in [0.25, 0.3) is 0 Å². The van der Waals surface area contributed by atoms with Crippen molar-refractivity contribution in [2.45, 2.75) is 12.8 Å². The minimum absolute atomic E-state index is 0.396. The Kier molecular flexibility index (Phi) is 5.35. The summed E-state index contributed by atoms with van der Waals surface area (Å²) in [6, 6.07) is 15.6. The van der Waals surface area contributed by atoms with Crippen LogP contribution in [0.15, 0.2) is 48.5 Å². The molecule has 0 atom stereocenters. The molecule has 0 unspecified atom stereocenters. The van der Waals surface area contributed by atoms with Gasteiger partial charge in [0.25, 0.3) is 0 Å². The molecule has 4 heteroatoms. The highest BCUT2D eigenvalue weighted by Crippen LogP contribution is 2.18. The van der Waals surface area contributed by atoms with Gasteiger partial charge in [-0.15, -0.1) is 0 Å². The molecule has 0 spiro atoms. The molecule has 2 N–H and O–H groups in total. The van der Waals surface area contributed by atoms with E-state index >= 15 is 0 Å². The summed E-state index contributed by atoms with van der Waals surface area (Å²) >= 11 is 0. The van der Waals surface area contributed by atoms with Gasteiger partial charge in [-0.2, -0.15) is 0 Å². The van der Waals surface area contributed by atoms with Gasteiger partial charge in [0.15, 0.2) is 0 Å². The summed E-state index contributed by atoms with van der Waals surface area (Å²) in [4.78, 5) is 11.3. The van der Waals surface area contributed by atoms with Gasteiger partial charge in [-0.25, -0.2) is 0 Å². The molecule has 0 aliphatic heterocycles. The van der Waals surface area contributed by atoms with Crippen molar-refractivity contribution in [1.82, 2.24) is 0 Å². The van der Waals surface area contributed by atoms with Gasteiger partial charge >= 0.3 is 0 Å². The van der Waals surface area contributed by atoms with Crippen molar-refractivity contribution in [2.24, 2.45) is 0 Å². The Labute approximate surface area is 124 Å². The normalized spacial score (nSPS) is 10.2. The van der Waals surface area contributed by atoms with E-state index in [1.807, 2.05) is 48.5 Å². The smallest absolute Gasteiger partial charge is 0.250 e. The second-order valence-electron chi connectivity index (χ2n) is 4.71. The van der Waals surface area contributed by atoms with Crippen molar-refractivity contribution in [1.29, 1.82) is 0 Å². The lowest BCUT2D eigenvalue weighted by Gasteiger charge is -2.10. The number of carbonyl (C=O) groups excluding carboxylic acids is 1. The molecule has 0 bridgehead atoms. The number of aliphatic hydroxyl groups excluding tert-OH is 1. The first kappa shape index (κ1) is 15.1. The maximum atomic E-state index is 11.3. The Balaban J connectivity index is 2.03. The lowest BCUT2D eigenvalue weighted by atomic mass is 10.0. The minimum Gasteiger partial charge on any atom is -0.497 e. The van der Waals surface area contributed by atoms with Gasteiger partial charge in [-0.1, -0.05) is 30.3 Å². The lowest BCUT2D eigenvalue weighted by Crippen LogP contribution is -2.16. The van der Waals surface area contributed by atoms with Crippen LogP contribution < -0.4 is 10.1 Å². The van der Waals surface area contributed by atoms with Gasteiger partial charge in [-0.3, -0.25) is 4.79 Å². The molecule has 0 saturated heterocycles. The summed E-state index contributed by atoms with van der Waals surface area (Å²) in [5, 5.41) is 11.5. The van der Waals surface area contributed by atoms with Crippen LogP contribution >= 0.6 is 0 Å². The SMILES string of the molecule is COc1ccc(CCc2ccccc2NC(=O)CO)cc1. The fourth-order valence-electron chi connectivity index (χ4n) is 2.12. The van der Waals surface area contributed by atoms with Crippen molar-refractivity contribution in [3.63, 3.8) is 0 Å². The first-order chi connectivity index (χ1) is 10.2. The largest absolute Gasteiger partial charge is 0.497 e. The van der Waals surface area contributed by atoms with Crippen LogP contribution in [0.4, 0.5) is 5.69 Å². The average molecular weight is 285 g/mol. The summed E-state index contributed by atoms with van der Waals surface area (Å²) in [6.07, 6.45) is 1.68. The summed E-state index contributed by atoms with van der Waals surface area (Å²) < 4.78 is 5.14. The molecule has 2 aromatic rings. The number of benzene rings is 2. The van der Waals surface area contributed by atoms with E-state index in [2.05, 4.69) is 5.32 Å². The molecular formula is C17H19NO3. The van der Waals surface area contributed by atoms with Crippen LogP contribution in [0.3, 0.4) is 0 Å². The van der Waals surface area contributed by atoms with Gasteiger partial charge in [0.05, 0.1) is 7.11 Å².